The van der Waals surface area contributed by atoms with Gasteiger partial charge in [-0.05, 0) is 91.7 Å². The molecule has 0 amide bonds. The van der Waals surface area contributed by atoms with Crippen molar-refractivity contribution in [3.05, 3.63) is 41.0 Å². The summed E-state index contributed by atoms with van der Waals surface area (Å²) in [5, 5.41) is 10.3. The predicted octanol–water partition coefficient (Wildman–Crippen LogP) is 7.61. The maximum atomic E-state index is 13.9. The molecule has 1 aromatic carbocycles. The summed E-state index contributed by atoms with van der Waals surface area (Å²) in [5.41, 5.74) is 1.40. The summed E-state index contributed by atoms with van der Waals surface area (Å²) in [4.78, 5) is -0.259. The summed E-state index contributed by atoms with van der Waals surface area (Å²) in [6.45, 7) is 0. The van der Waals surface area contributed by atoms with Crippen LogP contribution in [0.4, 0.5) is 8.78 Å². The van der Waals surface area contributed by atoms with Crippen molar-refractivity contribution < 1.29 is 8.78 Å². The van der Waals surface area contributed by atoms with Gasteiger partial charge < -0.3 is 0 Å². The average molecular weight is 426 g/mol. The van der Waals surface area contributed by atoms with Crippen molar-refractivity contribution in [1.82, 2.24) is 0 Å². The van der Waals surface area contributed by atoms with Crippen molar-refractivity contribution in [1.29, 1.82) is 5.26 Å². The smallest absolute Gasteiger partial charge is 0.142 e. The van der Waals surface area contributed by atoms with Gasteiger partial charge in [0.2, 0.25) is 0 Å². The van der Waals surface area contributed by atoms with Crippen LogP contribution in [0.1, 0.15) is 76.2 Å². The highest BCUT2D eigenvalue weighted by Crippen LogP contribution is 2.43. The normalized spacial score (nSPS) is 26.7. The first kappa shape index (κ1) is 21.5. The molecule has 1 nitrogen and oxygen atoms in total. The minimum Gasteiger partial charge on any atom is -0.206 e. The third kappa shape index (κ3) is 5.28. The van der Waals surface area contributed by atoms with Crippen LogP contribution < -0.4 is 0 Å². The van der Waals surface area contributed by atoms with Crippen LogP contribution in [0.2, 0.25) is 0 Å². The minimum atomic E-state index is -0.726. The zero-order valence-corrected chi connectivity index (χ0v) is 18.2. The molecule has 0 N–H and O–H groups in total. The van der Waals surface area contributed by atoms with Crippen LogP contribution >= 0.6 is 11.8 Å². The van der Waals surface area contributed by atoms with E-state index in [-0.39, 0.29) is 4.90 Å². The van der Waals surface area contributed by atoms with E-state index >= 15 is 0 Å². The van der Waals surface area contributed by atoms with Crippen LogP contribution in [0.5, 0.6) is 0 Å². The first-order valence-corrected chi connectivity index (χ1v) is 12.2. The van der Waals surface area contributed by atoms with E-state index in [4.69, 9.17) is 5.26 Å². The molecule has 1 unspecified atom stereocenters. The summed E-state index contributed by atoms with van der Waals surface area (Å²) in [7, 11) is 0. The van der Waals surface area contributed by atoms with Crippen LogP contribution in [-0.2, 0) is 0 Å². The molecule has 2 fully saturated rings. The fourth-order valence-electron chi connectivity index (χ4n) is 5.42. The number of halogens is 2. The number of hydrogen-bond donors (Lipinski definition) is 0. The van der Waals surface area contributed by atoms with E-state index in [0.29, 0.717) is 17.3 Å². The van der Waals surface area contributed by atoms with Gasteiger partial charge in [0.25, 0.3) is 0 Å². The van der Waals surface area contributed by atoms with Crippen LogP contribution in [0, 0.1) is 57.8 Å². The Morgan fingerprint density at radius 2 is 1.60 bits per heavy atom. The lowest BCUT2D eigenvalue weighted by molar-refractivity contribution is 0.156. The minimum absolute atomic E-state index is 0.259. The van der Waals surface area contributed by atoms with Gasteiger partial charge in [0.15, 0.2) is 0 Å². The first-order valence-electron chi connectivity index (χ1n) is 11.4. The third-order valence-electron chi connectivity index (χ3n) is 7.41. The topological polar surface area (TPSA) is 23.8 Å². The molecule has 0 bridgehead atoms. The van der Waals surface area contributed by atoms with Gasteiger partial charge in [-0.2, -0.15) is 5.26 Å². The molecule has 2 saturated carbocycles. The molecule has 0 spiro atoms. The Bertz CT molecular complexity index is 869. The van der Waals surface area contributed by atoms with Crippen molar-refractivity contribution in [3.63, 3.8) is 0 Å². The number of hydrogen-bond acceptors (Lipinski definition) is 2. The Labute approximate surface area is 183 Å². The molecule has 1 atom stereocenters. The number of nitriles is 1. The van der Waals surface area contributed by atoms with Crippen molar-refractivity contribution in [3.8, 4) is 17.2 Å². The standard InChI is InChI=1S/C26H29F2NS/c27-24-15-21(16-25(28)26(24)30-17-29)5-4-18-6-10-22(11-7-18)23-12-8-20(9-13-23)14-19-2-1-3-19/h6,15-16,19-20,22-23H,1-3,7-14H2. The van der Waals surface area contributed by atoms with Crippen molar-refractivity contribution in [2.24, 2.45) is 23.7 Å². The second kappa shape index (κ2) is 10.0. The van der Waals surface area contributed by atoms with Crippen LogP contribution in [0.25, 0.3) is 0 Å². The molecule has 1 aromatic rings. The van der Waals surface area contributed by atoms with Gasteiger partial charge in [-0.25, -0.2) is 8.78 Å². The highest BCUT2D eigenvalue weighted by molar-refractivity contribution is 8.03. The quantitative estimate of drug-likeness (QED) is 0.281. The molecule has 3 aliphatic carbocycles. The molecular weight excluding hydrogens is 396 g/mol. The molecule has 0 radical (unpaired) electrons. The number of thioether (sulfide) groups is 1. The summed E-state index contributed by atoms with van der Waals surface area (Å²) in [6.07, 6.45) is 17.0. The summed E-state index contributed by atoms with van der Waals surface area (Å²) in [6, 6.07) is 2.42. The maximum Gasteiger partial charge on any atom is 0.142 e. The van der Waals surface area contributed by atoms with Gasteiger partial charge in [-0.1, -0.05) is 50.0 Å². The zero-order valence-electron chi connectivity index (χ0n) is 17.4. The maximum absolute atomic E-state index is 13.9. The van der Waals surface area contributed by atoms with Gasteiger partial charge in [0.1, 0.15) is 17.0 Å². The largest absolute Gasteiger partial charge is 0.206 e. The fourth-order valence-corrected chi connectivity index (χ4v) is 5.82. The Morgan fingerprint density at radius 1 is 0.900 bits per heavy atom. The lowest BCUT2D eigenvalue weighted by Crippen LogP contribution is -2.25. The number of nitrogens with zero attached hydrogens (tertiary/aromatic N) is 1. The SMILES string of the molecule is N#CSc1c(F)cc(C#CC2=CCC(C3CCC(CC4CCC4)CC3)CC2)cc1F. The van der Waals surface area contributed by atoms with Gasteiger partial charge >= 0.3 is 0 Å². The van der Waals surface area contributed by atoms with E-state index < -0.39 is 11.6 Å². The third-order valence-corrected chi connectivity index (χ3v) is 8.10. The molecule has 4 heteroatoms. The van der Waals surface area contributed by atoms with Crippen molar-refractivity contribution >= 4 is 11.8 Å². The molecule has 158 valence electrons. The Morgan fingerprint density at radius 3 is 2.17 bits per heavy atom. The Balaban J connectivity index is 1.29. The second-order valence-corrected chi connectivity index (χ2v) is 10.1. The molecule has 0 heterocycles. The molecular formula is C26H29F2NS. The van der Waals surface area contributed by atoms with Crippen LogP contribution in [-0.4, -0.2) is 0 Å². The monoisotopic (exact) mass is 425 g/mol. The molecule has 0 aromatic heterocycles. The van der Waals surface area contributed by atoms with E-state index in [9.17, 15) is 8.78 Å². The lowest BCUT2D eigenvalue weighted by Gasteiger charge is -2.37. The molecule has 0 aliphatic heterocycles. The summed E-state index contributed by atoms with van der Waals surface area (Å²) < 4.78 is 27.9. The van der Waals surface area contributed by atoms with Crippen molar-refractivity contribution in [2.45, 2.75) is 75.5 Å². The van der Waals surface area contributed by atoms with Gasteiger partial charge in [-0.15, -0.1) is 0 Å². The number of allylic oxidation sites excluding steroid dienone is 2. The number of benzene rings is 1. The Kier molecular flexibility index (Phi) is 7.16. The van der Waals surface area contributed by atoms with E-state index in [1.165, 1.54) is 69.9 Å². The van der Waals surface area contributed by atoms with Gasteiger partial charge in [-0.3, -0.25) is 0 Å². The summed E-state index contributed by atoms with van der Waals surface area (Å²) in [5.74, 6) is 8.22. The van der Waals surface area contributed by atoms with Crippen molar-refractivity contribution in [2.75, 3.05) is 0 Å². The van der Waals surface area contributed by atoms with E-state index in [1.54, 1.807) is 5.40 Å². The highest BCUT2D eigenvalue weighted by atomic mass is 32.2. The number of rotatable bonds is 4. The Hall–Kier alpha value is -1.78. The molecule has 0 saturated heterocycles. The van der Waals surface area contributed by atoms with E-state index in [0.717, 1.165) is 42.1 Å². The number of thiocyanates is 1. The average Bonchev–Trinajstić information content (AvgIpc) is 2.73. The van der Waals surface area contributed by atoms with E-state index in [2.05, 4.69) is 17.9 Å². The van der Waals surface area contributed by atoms with Gasteiger partial charge in [0, 0.05) is 5.56 Å². The van der Waals surface area contributed by atoms with E-state index in [1.807, 2.05) is 0 Å². The zero-order chi connectivity index (χ0) is 20.9. The lowest BCUT2D eigenvalue weighted by atomic mass is 9.68. The molecule has 3 aliphatic rings. The first-order chi connectivity index (χ1) is 14.6. The predicted molar refractivity (Wildman–Crippen MR) is 118 cm³/mol. The summed E-state index contributed by atoms with van der Waals surface area (Å²) >= 11 is 0.500. The van der Waals surface area contributed by atoms with Crippen LogP contribution in [0.15, 0.2) is 28.7 Å². The fraction of sp³-hybridized carbons (Fsp3) is 0.577. The van der Waals surface area contributed by atoms with Gasteiger partial charge in [0.05, 0.1) is 4.90 Å². The molecule has 4 rings (SSSR count). The van der Waals surface area contributed by atoms with Crippen LogP contribution in [0.3, 0.4) is 0 Å². The second-order valence-electron chi connectivity index (χ2n) is 9.29. The molecule has 30 heavy (non-hydrogen) atoms. The highest BCUT2D eigenvalue weighted by Gasteiger charge is 2.30.